The molecule has 1 aliphatic rings. The number of hydrogen-bond acceptors (Lipinski definition) is 8. The lowest BCUT2D eigenvalue weighted by Crippen LogP contribution is -2.30. The minimum atomic E-state index is -0.985. The lowest BCUT2D eigenvalue weighted by molar-refractivity contribution is -0.117. The summed E-state index contributed by atoms with van der Waals surface area (Å²) in [6.45, 7) is 0. The first-order valence-corrected chi connectivity index (χ1v) is 16.2. The Labute approximate surface area is 277 Å². The minimum Gasteiger partial charge on any atom is -0.503 e. The number of aromatic nitrogens is 2. The summed E-state index contributed by atoms with van der Waals surface area (Å²) in [6.07, 6.45) is 3.00. The normalized spacial score (nSPS) is 14.8. The van der Waals surface area contributed by atoms with E-state index in [9.17, 15) is 14.7 Å². The molecule has 4 aromatic carbocycles. The number of thioether (sulfide) groups is 1. The molecule has 224 valence electrons. The molecule has 1 atom stereocenters. The third-order valence-electron chi connectivity index (χ3n) is 6.82. The van der Waals surface area contributed by atoms with Crippen LogP contribution in [0.5, 0.6) is 11.5 Å². The molecule has 1 amide bonds. The molecule has 0 bridgehead atoms. The summed E-state index contributed by atoms with van der Waals surface area (Å²) in [5.74, 6) is -0.284. The van der Waals surface area contributed by atoms with Crippen LogP contribution in [0, 0.1) is 0 Å². The fraction of sp³-hybridized carbons (Fsp3) is 0.0588. The number of halogens is 2. The summed E-state index contributed by atoms with van der Waals surface area (Å²) in [4.78, 5) is 28.6. The lowest BCUT2D eigenvalue weighted by atomic mass is 9.95. The number of carbonyl (C=O) groups excluding carboxylic acids is 2. The van der Waals surface area contributed by atoms with Gasteiger partial charge >= 0.3 is 0 Å². The summed E-state index contributed by atoms with van der Waals surface area (Å²) in [5.41, 5.74) is 2.15. The second-order valence-electron chi connectivity index (χ2n) is 9.81. The number of rotatable bonds is 10. The van der Waals surface area contributed by atoms with Gasteiger partial charge in [0.05, 0.1) is 11.6 Å². The van der Waals surface area contributed by atoms with E-state index in [2.05, 4.69) is 10.2 Å². The summed E-state index contributed by atoms with van der Waals surface area (Å²) in [6, 6.07) is 29.9. The molecular formula is C34H23Cl2N3O4S2. The van der Waals surface area contributed by atoms with Crippen molar-refractivity contribution in [1.29, 1.82) is 0 Å². The Hall–Kier alpha value is -4.41. The zero-order valence-corrected chi connectivity index (χ0v) is 26.5. The molecule has 2 heterocycles. The van der Waals surface area contributed by atoms with E-state index in [4.69, 9.17) is 27.9 Å². The SMILES string of the molecule is O=C(C=Cc1ccccc1)C1=C(O)C(=O)N(c2nnc(SCc3ccc(Cl)cc3Cl)s2)C1c1cccc(Oc2ccccc2)c1. The number of amides is 1. The van der Waals surface area contributed by atoms with Crippen LogP contribution in [-0.4, -0.2) is 27.0 Å². The molecular weight excluding hydrogens is 649 g/mol. The van der Waals surface area contributed by atoms with E-state index in [0.29, 0.717) is 37.2 Å². The van der Waals surface area contributed by atoms with Gasteiger partial charge in [0.15, 0.2) is 15.9 Å². The van der Waals surface area contributed by atoms with Gasteiger partial charge in [-0.1, -0.05) is 119 Å². The van der Waals surface area contributed by atoms with Crippen molar-refractivity contribution in [3.63, 3.8) is 0 Å². The lowest BCUT2D eigenvalue weighted by Gasteiger charge is -2.24. The highest BCUT2D eigenvalue weighted by Crippen LogP contribution is 2.44. The van der Waals surface area contributed by atoms with E-state index in [0.717, 1.165) is 11.1 Å². The van der Waals surface area contributed by atoms with Gasteiger partial charge in [-0.3, -0.25) is 14.5 Å². The molecule has 0 fully saturated rings. The smallest absolute Gasteiger partial charge is 0.296 e. The van der Waals surface area contributed by atoms with Crippen molar-refractivity contribution in [3.8, 4) is 11.5 Å². The number of allylic oxidation sites excluding steroid dienone is 1. The van der Waals surface area contributed by atoms with Crippen LogP contribution in [0.2, 0.25) is 10.0 Å². The molecule has 45 heavy (non-hydrogen) atoms. The maximum atomic E-state index is 13.7. The molecule has 0 radical (unpaired) electrons. The molecule has 1 aromatic heterocycles. The third-order valence-corrected chi connectivity index (χ3v) is 9.51. The standard InChI is InChI=1S/C34H23Cl2N3O4S2/c35-24-16-15-23(27(36)19-24)20-44-34-38-37-33(45-34)39-30(22-10-7-13-26(18-22)43-25-11-5-2-6-12-25)29(31(41)32(39)42)28(40)17-14-21-8-3-1-4-9-21/h1-19,30,41H,20H2. The van der Waals surface area contributed by atoms with Gasteiger partial charge in [0, 0.05) is 15.8 Å². The van der Waals surface area contributed by atoms with E-state index in [1.54, 1.807) is 42.5 Å². The van der Waals surface area contributed by atoms with Crippen LogP contribution in [-0.2, 0) is 15.3 Å². The molecule has 0 aliphatic carbocycles. The number of ether oxygens (including phenoxy) is 1. The third kappa shape index (κ3) is 6.97. The molecule has 0 saturated carbocycles. The Bertz CT molecular complexity index is 1930. The molecule has 1 aliphatic heterocycles. The van der Waals surface area contributed by atoms with E-state index < -0.39 is 23.5 Å². The first-order valence-electron chi connectivity index (χ1n) is 13.6. The largest absolute Gasteiger partial charge is 0.503 e. The number of para-hydroxylation sites is 1. The van der Waals surface area contributed by atoms with Crippen LogP contribution in [0.25, 0.3) is 6.08 Å². The monoisotopic (exact) mass is 671 g/mol. The van der Waals surface area contributed by atoms with Crippen LogP contribution in [0.3, 0.4) is 0 Å². The van der Waals surface area contributed by atoms with Gasteiger partial charge in [0.2, 0.25) is 5.13 Å². The van der Waals surface area contributed by atoms with E-state index >= 15 is 0 Å². The number of ketones is 1. The van der Waals surface area contributed by atoms with Gasteiger partial charge in [-0.15, -0.1) is 10.2 Å². The summed E-state index contributed by atoms with van der Waals surface area (Å²) in [7, 11) is 0. The summed E-state index contributed by atoms with van der Waals surface area (Å²) < 4.78 is 6.62. The predicted molar refractivity (Wildman–Crippen MR) is 179 cm³/mol. The maximum Gasteiger partial charge on any atom is 0.296 e. The minimum absolute atomic E-state index is 0.0682. The van der Waals surface area contributed by atoms with Crippen LogP contribution < -0.4 is 9.64 Å². The number of aliphatic hydroxyl groups excluding tert-OH is 1. The average Bonchev–Trinajstić information content (AvgIpc) is 3.62. The van der Waals surface area contributed by atoms with Crippen LogP contribution in [0.4, 0.5) is 5.13 Å². The summed E-state index contributed by atoms with van der Waals surface area (Å²) >= 11 is 14.9. The number of hydrogen-bond donors (Lipinski definition) is 1. The fourth-order valence-corrected chi connectivity index (χ4v) is 7.13. The predicted octanol–water partition coefficient (Wildman–Crippen LogP) is 9.11. The van der Waals surface area contributed by atoms with E-state index in [1.807, 2.05) is 66.7 Å². The molecule has 0 saturated heterocycles. The van der Waals surface area contributed by atoms with Crippen molar-refractivity contribution in [1.82, 2.24) is 10.2 Å². The van der Waals surface area contributed by atoms with Crippen molar-refractivity contribution >= 4 is 69.2 Å². The topological polar surface area (TPSA) is 92.6 Å². The van der Waals surface area contributed by atoms with Gasteiger partial charge in [0.1, 0.15) is 11.5 Å². The van der Waals surface area contributed by atoms with E-state index in [1.165, 1.54) is 34.1 Å². The first-order chi connectivity index (χ1) is 21.9. The van der Waals surface area contributed by atoms with Gasteiger partial charge < -0.3 is 9.84 Å². The fourth-order valence-electron chi connectivity index (χ4n) is 4.70. The van der Waals surface area contributed by atoms with Gasteiger partial charge in [-0.2, -0.15) is 0 Å². The van der Waals surface area contributed by atoms with E-state index in [-0.39, 0.29) is 10.7 Å². The Morgan fingerprint density at radius 1 is 0.933 bits per heavy atom. The first kappa shape index (κ1) is 30.6. The van der Waals surface area contributed by atoms with Crippen molar-refractivity contribution in [2.75, 3.05) is 4.90 Å². The second kappa shape index (κ2) is 13.7. The molecule has 0 spiro atoms. The molecule has 7 nitrogen and oxygen atoms in total. The number of aliphatic hydroxyl groups is 1. The Balaban J connectivity index is 1.34. The van der Waals surface area contributed by atoms with Crippen LogP contribution in [0.1, 0.15) is 22.7 Å². The van der Waals surface area contributed by atoms with Gasteiger partial charge in [-0.05, 0) is 59.2 Å². The maximum absolute atomic E-state index is 13.7. The quantitative estimate of drug-likeness (QED) is 0.0899. The molecule has 11 heteroatoms. The number of benzene rings is 4. The van der Waals surface area contributed by atoms with Crippen molar-refractivity contribution < 1.29 is 19.4 Å². The van der Waals surface area contributed by atoms with Crippen LogP contribution >= 0.6 is 46.3 Å². The van der Waals surface area contributed by atoms with Crippen molar-refractivity contribution in [2.24, 2.45) is 0 Å². The van der Waals surface area contributed by atoms with Gasteiger partial charge in [-0.25, -0.2) is 0 Å². The number of carbonyl (C=O) groups is 2. The Morgan fingerprint density at radius 3 is 2.42 bits per heavy atom. The summed E-state index contributed by atoms with van der Waals surface area (Å²) in [5, 5.41) is 21.0. The Kier molecular flexibility index (Phi) is 9.32. The highest BCUT2D eigenvalue weighted by atomic mass is 35.5. The highest BCUT2D eigenvalue weighted by Gasteiger charge is 2.45. The Morgan fingerprint density at radius 2 is 1.67 bits per heavy atom. The zero-order chi connectivity index (χ0) is 31.3. The van der Waals surface area contributed by atoms with Crippen molar-refractivity contribution in [3.05, 3.63) is 147 Å². The average molecular weight is 673 g/mol. The molecule has 1 unspecified atom stereocenters. The second-order valence-corrected chi connectivity index (χ2v) is 12.8. The molecule has 1 N–H and O–H groups in total. The number of nitrogens with zero attached hydrogens (tertiary/aromatic N) is 3. The molecule has 6 rings (SSSR count). The van der Waals surface area contributed by atoms with Gasteiger partial charge in [0.25, 0.3) is 5.91 Å². The van der Waals surface area contributed by atoms with Crippen LogP contribution in [0.15, 0.2) is 125 Å². The number of anilines is 1. The van der Waals surface area contributed by atoms with Crippen molar-refractivity contribution in [2.45, 2.75) is 16.1 Å². The molecule has 5 aromatic rings. The highest BCUT2D eigenvalue weighted by molar-refractivity contribution is 8.00. The zero-order valence-electron chi connectivity index (χ0n) is 23.3.